The summed E-state index contributed by atoms with van der Waals surface area (Å²) in [5.41, 5.74) is 0. The van der Waals surface area contributed by atoms with Crippen LogP contribution in [0.3, 0.4) is 0 Å². The summed E-state index contributed by atoms with van der Waals surface area (Å²) in [6, 6.07) is 0. The standard InChI is InChI=1S/C53H103O12P/c1-3-5-7-9-11-13-15-17-19-21-23-24-25-26-28-30-32-34-36-38-40-42-47(54)64-46(45-63-66(60,61)65-53-51(58)49(56)48(55)50(57)52(53)59)44-62-43-41-39-37-35-33-31-29-27-22-20-18-16-14-12-10-8-6-4-2/h21,23,46,48-53,55-59H,3-20,22,24-45H2,1-2H3,(H,60,61)/b23-21-. The molecule has 13 heteroatoms. The number of carbonyl (C=O) groups excluding carboxylic acids is 1. The quantitative estimate of drug-likeness (QED) is 0.0147. The van der Waals surface area contributed by atoms with Crippen molar-refractivity contribution < 1.29 is 58.3 Å². The maximum absolute atomic E-state index is 12.9. The molecule has 6 atom stereocenters. The zero-order valence-electron chi connectivity index (χ0n) is 42.3. The number of aliphatic hydroxyl groups is 5. The molecular formula is C53H103O12P. The predicted octanol–water partition coefficient (Wildman–Crippen LogP) is 12.7. The molecule has 0 aromatic heterocycles. The van der Waals surface area contributed by atoms with E-state index >= 15 is 0 Å². The van der Waals surface area contributed by atoms with Gasteiger partial charge in [-0.05, 0) is 38.5 Å². The Kier molecular flexibility index (Phi) is 42.1. The Morgan fingerprint density at radius 3 is 1.20 bits per heavy atom. The van der Waals surface area contributed by atoms with Crippen LogP contribution in [-0.4, -0.2) is 98.9 Å². The summed E-state index contributed by atoms with van der Waals surface area (Å²) in [7, 11) is -5.02. The minimum Gasteiger partial charge on any atom is -0.457 e. The molecule has 1 aliphatic carbocycles. The maximum atomic E-state index is 12.9. The van der Waals surface area contributed by atoms with Crippen LogP contribution in [0.25, 0.3) is 0 Å². The second kappa shape index (κ2) is 44.1. The highest BCUT2D eigenvalue weighted by Gasteiger charge is 2.51. The van der Waals surface area contributed by atoms with Crippen LogP contribution in [0.2, 0.25) is 0 Å². The zero-order chi connectivity index (χ0) is 48.4. The minimum atomic E-state index is -5.02. The summed E-state index contributed by atoms with van der Waals surface area (Å²) in [4.78, 5) is 23.3. The number of carbonyl (C=O) groups is 1. The fourth-order valence-electron chi connectivity index (χ4n) is 8.77. The van der Waals surface area contributed by atoms with Gasteiger partial charge in [-0.15, -0.1) is 0 Å². The van der Waals surface area contributed by atoms with Crippen LogP contribution in [0.4, 0.5) is 0 Å². The highest BCUT2D eigenvalue weighted by molar-refractivity contribution is 7.47. The fourth-order valence-corrected chi connectivity index (χ4v) is 9.74. The zero-order valence-corrected chi connectivity index (χ0v) is 43.2. The number of phosphoric acid groups is 1. The topological polar surface area (TPSA) is 192 Å². The van der Waals surface area contributed by atoms with E-state index in [2.05, 4.69) is 26.0 Å². The summed E-state index contributed by atoms with van der Waals surface area (Å²) in [6.45, 7) is 4.32. The number of aliphatic hydroxyl groups excluding tert-OH is 5. The molecule has 1 saturated carbocycles. The van der Waals surface area contributed by atoms with Gasteiger partial charge in [-0.2, -0.15) is 0 Å². The first-order valence-corrected chi connectivity index (χ1v) is 29.0. The normalized spacial score (nSPS) is 21.4. The predicted molar refractivity (Wildman–Crippen MR) is 267 cm³/mol. The number of unbranched alkanes of at least 4 members (excludes halogenated alkanes) is 34. The lowest BCUT2D eigenvalue weighted by atomic mass is 9.85. The molecular weight excluding hydrogens is 860 g/mol. The third kappa shape index (κ3) is 35.2. The molecule has 6 N–H and O–H groups in total. The lowest BCUT2D eigenvalue weighted by Gasteiger charge is -2.41. The van der Waals surface area contributed by atoms with Crippen LogP contribution in [0.5, 0.6) is 0 Å². The summed E-state index contributed by atoms with van der Waals surface area (Å²) >= 11 is 0. The van der Waals surface area contributed by atoms with Gasteiger partial charge >= 0.3 is 13.8 Å². The molecule has 0 radical (unpaired) electrons. The molecule has 1 fully saturated rings. The van der Waals surface area contributed by atoms with Crippen LogP contribution in [-0.2, 0) is 27.9 Å². The summed E-state index contributed by atoms with van der Waals surface area (Å²) < 4.78 is 34.4. The van der Waals surface area contributed by atoms with Gasteiger partial charge < -0.3 is 39.9 Å². The van der Waals surface area contributed by atoms with Crippen LogP contribution < -0.4 is 0 Å². The van der Waals surface area contributed by atoms with Crippen molar-refractivity contribution in [1.29, 1.82) is 0 Å². The van der Waals surface area contributed by atoms with Crippen LogP contribution in [0.1, 0.15) is 258 Å². The fraction of sp³-hybridized carbons (Fsp3) is 0.943. The first-order valence-electron chi connectivity index (χ1n) is 27.5. The highest BCUT2D eigenvalue weighted by Crippen LogP contribution is 2.47. The number of hydrogen-bond acceptors (Lipinski definition) is 11. The van der Waals surface area contributed by atoms with Crippen molar-refractivity contribution in [3.8, 4) is 0 Å². The Hall–Kier alpha value is -0.920. The second-order valence-corrected chi connectivity index (χ2v) is 20.8. The van der Waals surface area contributed by atoms with Crippen molar-refractivity contribution in [3.63, 3.8) is 0 Å². The van der Waals surface area contributed by atoms with E-state index in [1.54, 1.807) is 0 Å². The smallest absolute Gasteiger partial charge is 0.457 e. The van der Waals surface area contributed by atoms with Gasteiger partial charge in [0.15, 0.2) is 0 Å². The molecule has 0 heterocycles. The van der Waals surface area contributed by atoms with Gasteiger partial charge in [-0.1, -0.05) is 225 Å². The third-order valence-corrected chi connectivity index (χ3v) is 14.1. The molecule has 0 amide bonds. The first kappa shape index (κ1) is 63.1. The third-order valence-electron chi connectivity index (χ3n) is 13.1. The van der Waals surface area contributed by atoms with Gasteiger partial charge in [0, 0.05) is 13.0 Å². The number of rotatable bonds is 48. The van der Waals surface area contributed by atoms with Gasteiger partial charge in [0.25, 0.3) is 0 Å². The van der Waals surface area contributed by atoms with Crippen molar-refractivity contribution in [2.24, 2.45) is 0 Å². The number of hydrogen-bond donors (Lipinski definition) is 6. The van der Waals surface area contributed by atoms with E-state index in [9.17, 15) is 39.8 Å². The Morgan fingerprint density at radius 1 is 0.470 bits per heavy atom. The van der Waals surface area contributed by atoms with Crippen LogP contribution in [0.15, 0.2) is 12.2 Å². The number of esters is 1. The van der Waals surface area contributed by atoms with Gasteiger partial charge in [-0.25, -0.2) is 4.57 Å². The van der Waals surface area contributed by atoms with Gasteiger partial charge in [0.05, 0.1) is 13.2 Å². The molecule has 6 unspecified atom stereocenters. The number of phosphoric ester groups is 1. The molecule has 1 rings (SSSR count). The van der Waals surface area contributed by atoms with Crippen molar-refractivity contribution >= 4 is 13.8 Å². The average molecular weight is 963 g/mol. The van der Waals surface area contributed by atoms with Crippen molar-refractivity contribution in [3.05, 3.63) is 12.2 Å². The van der Waals surface area contributed by atoms with Gasteiger partial charge in [-0.3, -0.25) is 13.8 Å². The number of ether oxygens (including phenoxy) is 2. The van der Waals surface area contributed by atoms with Gasteiger partial charge in [0.2, 0.25) is 0 Å². The summed E-state index contributed by atoms with van der Waals surface area (Å²) in [6.07, 6.45) is 38.5. The lowest BCUT2D eigenvalue weighted by molar-refractivity contribution is -0.220. The van der Waals surface area contributed by atoms with Gasteiger partial charge in [0.1, 0.15) is 42.7 Å². The Labute approximate surface area is 403 Å². The number of allylic oxidation sites excluding steroid dienone is 2. The van der Waals surface area contributed by atoms with Crippen molar-refractivity contribution in [1.82, 2.24) is 0 Å². The molecule has 12 nitrogen and oxygen atoms in total. The molecule has 66 heavy (non-hydrogen) atoms. The van der Waals surface area contributed by atoms with E-state index in [1.807, 2.05) is 0 Å². The van der Waals surface area contributed by atoms with E-state index in [0.717, 1.165) is 38.5 Å². The first-order chi connectivity index (χ1) is 32.0. The SMILES string of the molecule is CCCCCCCCCC/C=C\CCCCCCCCCCCC(=O)OC(COCCCCCCCCCCCCCCCCCCCC)COP(=O)(O)OC1C(O)C(O)C(O)C(O)C1O. The summed E-state index contributed by atoms with van der Waals surface area (Å²) in [5, 5.41) is 50.4. The Balaban J connectivity index is 2.30. The van der Waals surface area contributed by atoms with Crippen molar-refractivity contribution in [2.45, 2.75) is 301 Å². The van der Waals surface area contributed by atoms with E-state index < -0.39 is 63.1 Å². The lowest BCUT2D eigenvalue weighted by Crippen LogP contribution is -2.64. The molecule has 0 aromatic carbocycles. The van der Waals surface area contributed by atoms with Crippen LogP contribution in [0, 0.1) is 0 Å². The molecule has 0 spiro atoms. The molecule has 0 aliphatic heterocycles. The molecule has 0 saturated heterocycles. The Bertz CT molecular complexity index is 1140. The highest BCUT2D eigenvalue weighted by atomic mass is 31.2. The molecule has 0 bridgehead atoms. The average Bonchev–Trinajstić information content (AvgIpc) is 3.30. The Morgan fingerprint density at radius 2 is 0.803 bits per heavy atom. The van der Waals surface area contributed by atoms with E-state index in [-0.39, 0.29) is 13.0 Å². The van der Waals surface area contributed by atoms with E-state index in [1.165, 1.54) is 193 Å². The second-order valence-electron chi connectivity index (χ2n) is 19.4. The van der Waals surface area contributed by atoms with E-state index in [0.29, 0.717) is 13.0 Å². The molecule has 1 aliphatic rings. The summed E-state index contributed by atoms with van der Waals surface area (Å²) in [5.74, 6) is -0.473. The molecule has 0 aromatic rings. The maximum Gasteiger partial charge on any atom is 0.472 e. The monoisotopic (exact) mass is 963 g/mol. The van der Waals surface area contributed by atoms with Crippen LogP contribution >= 0.6 is 7.82 Å². The van der Waals surface area contributed by atoms with Crippen molar-refractivity contribution in [2.75, 3.05) is 19.8 Å². The van der Waals surface area contributed by atoms with E-state index in [4.69, 9.17) is 18.5 Å². The largest absolute Gasteiger partial charge is 0.472 e. The molecule has 392 valence electrons. The minimum absolute atomic E-state index is 0.0708.